The average molecular weight is 375 g/mol. The summed E-state index contributed by atoms with van der Waals surface area (Å²) in [6.45, 7) is 2.06. The Bertz CT molecular complexity index is 610. The Labute approximate surface area is 121 Å². The minimum Gasteiger partial charge on any atom is -0.342 e. The second-order valence-electron chi connectivity index (χ2n) is 3.43. The Morgan fingerprint density at radius 3 is 2.76 bits per heavy atom. The van der Waals surface area contributed by atoms with Gasteiger partial charge in [0.1, 0.15) is 10.5 Å². The molecule has 3 nitrogen and oxygen atoms in total. The van der Waals surface area contributed by atoms with Crippen LogP contribution in [0.1, 0.15) is 12.6 Å². The molecule has 0 amide bonds. The lowest BCUT2D eigenvalue weighted by atomic mass is 10.2. The standard InChI is InChI=1S/C11H9Br2N3S/c1-2-8-9(13)11(17)16-10(15-8)6-3-7(12)5-14-4-6/h3-5H,2H2,1H3,(H,15,16,17). The first-order valence-corrected chi connectivity index (χ1v) is 7.01. The van der Waals surface area contributed by atoms with Crippen molar-refractivity contribution < 1.29 is 0 Å². The zero-order chi connectivity index (χ0) is 12.4. The number of hydrogen-bond acceptors (Lipinski definition) is 3. The predicted octanol–water partition coefficient (Wildman–Crippen LogP) is 4.29. The van der Waals surface area contributed by atoms with E-state index in [0.29, 0.717) is 4.64 Å². The van der Waals surface area contributed by atoms with Crippen molar-refractivity contribution in [1.29, 1.82) is 0 Å². The Morgan fingerprint density at radius 2 is 2.12 bits per heavy atom. The first-order valence-electron chi connectivity index (χ1n) is 5.01. The van der Waals surface area contributed by atoms with Gasteiger partial charge in [0.15, 0.2) is 0 Å². The first-order chi connectivity index (χ1) is 8.11. The summed E-state index contributed by atoms with van der Waals surface area (Å²) in [5.41, 5.74) is 1.95. The number of aromatic nitrogens is 3. The average Bonchev–Trinajstić information content (AvgIpc) is 2.32. The van der Waals surface area contributed by atoms with E-state index in [9.17, 15) is 0 Å². The summed E-state index contributed by atoms with van der Waals surface area (Å²) in [5, 5.41) is 0. The van der Waals surface area contributed by atoms with Crippen molar-refractivity contribution in [2.75, 3.05) is 0 Å². The summed E-state index contributed by atoms with van der Waals surface area (Å²) in [7, 11) is 0. The molecule has 0 aliphatic rings. The van der Waals surface area contributed by atoms with Gasteiger partial charge in [0.2, 0.25) is 0 Å². The van der Waals surface area contributed by atoms with Crippen LogP contribution in [0.3, 0.4) is 0 Å². The first kappa shape index (κ1) is 12.9. The molecule has 2 heterocycles. The van der Waals surface area contributed by atoms with Crippen LogP contribution in [0.2, 0.25) is 0 Å². The molecule has 2 rings (SSSR count). The van der Waals surface area contributed by atoms with Gasteiger partial charge in [-0.3, -0.25) is 4.98 Å². The van der Waals surface area contributed by atoms with Crippen LogP contribution in [0.4, 0.5) is 0 Å². The molecular formula is C11H9Br2N3S. The molecule has 0 aromatic carbocycles. The number of H-pyrrole nitrogens is 1. The van der Waals surface area contributed by atoms with E-state index in [1.807, 2.05) is 6.07 Å². The van der Waals surface area contributed by atoms with E-state index in [0.717, 1.165) is 32.4 Å². The highest BCUT2D eigenvalue weighted by Gasteiger charge is 2.07. The molecular weight excluding hydrogens is 366 g/mol. The lowest BCUT2D eigenvalue weighted by molar-refractivity contribution is 0.982. The van der Waals surface area contributed by atoms with Crippen LogP contribution < -0.4 is 0 Å². The summed E-state index contributed by atoms with van der Waals surface area (Å²) >= 11 is 12.0. The number of rotatable bonds is 2. The van der Waals surface area contributed by atoms with E-state index in [2.05, 4.69) is 53.7 Å². The maximum atomic E-state index is 5.22. The lowest BCUT2D eigenvalue weighted by Gasteiger charge is -2.06. The monoisotopic (exact) mass is 373 g/mol. The smallest absolute Gasteiger partial charge is 0.144 e. The molecule has 0 aliphatic carbocycles. The fourth-order valence-corrected chi connectivity index (χ4v) is 2.47. The van der Waals surface area contributed by atoms with Crippen molar-refractivity contribution in [3.05, 3.63) is 37.7 Å². The Morgan fingerprint density at radius 1 is 1.35 bits per heavy atom. The van der Waals surface area contributed by atoms with Gasteiger partial charge >= 0.3 is 0 Å². The Kier molecular flexibility index (Phi) is 4.06. The minimum absolute atomic E-state index is 0.565. The summed E-state index contributed by atoms with van der Waals surface area (Å²) in [5.74, 6) is 0.740. The molecule has 17 heavy (non-hydrogen) atoms. The van der Waals surface area contributed by atoms with Crippen LogP contribution in [-0.2, 0) is 6.42 Å². The van der Waals surface area contributed by atoms with Gasteiger partial charge in [-0.25, -0.2) is 4.98 Å². The number of aromatic amines is 1. The van der Waals surface area contributed by atoms with Crippen LogP contribution >= 0.6 is 44.1 Å². The molecule has 88 valence electrons. The number of pyridine rings is 1. The lowest BCUT2D eigenvalue weighted by Crippen LogP contribution is -1.97. The number of hydrogen-bond donors (Lipinski definition) is 1. The highest BCUT2D eigenvalue weighted by atomic mass is 79.9. The van der Waals surface area contributed by atoms with Gasteiger partial charge in [0.25, 0.3) is 0 Å². The topological polar surface area (TPSA) is 41.6 Å². The van der Waals surface area contributed by atoms with Crippen LogP contribution in [0.5, 0.6) is 0 Å². The van der Waals surface area contributed by atoms with Crippen molar-refractivity contribution in [1.82, 2.24) is 15.0 Å². The Balaban J connectivity index is 2.61. The number of aryl methyl sites for hydroxylation is 1. The van der Waals surface area contributed by atoms with Crippen molar-refractivity contribution in [2.45, 2.75) is 13.3 Å². The highest BCUT2D eigenvalue weighted by Crippen LogP contribution is 2.22. The van der Waals surface area contributed by atoms with Gasteiger partial charge in [-0.15, -0.1) is 0 Å². The SMILES string of the molecule is CCc1[nH]c(-c2cncc(Br)c2)nc(=S)c1Br. The number of nitrogens with one attached hydrogen (secondary N) is 1. The molecule has 0 spiro atoms. The van der Waals surface area contributed by atoms with Gasteiger partial charge in [-0.2, -0.15) is 0 Å². The quantitative estimate of drug-likeness (QED) is 0.797. The van der Waals surface area contributed by atoms with E-state index in [4.69, 9.17) is 12.2 Å². The fourth-order valence-electron chi connectivity index (χ4n) is 1.43. The second-order valence-corrected chi connectivity index (χ2v) is 5.52. The molecule has 2 aromatic rings. The molecule has 0 saturated carbocycles. The molecule has 1 N–H and O–H groups in total. The zero-order valence-corrected chi connectivity index (χ0v) is 13.0. The van der Waals surface area contributed by atoms with Crippen LogP contribution in [0.25, 0.3) is 11.4 Å². The second kappa shape index (κ2) is 5.37. The van der Waals surface area contributed by atoms with Gasteiger partial charge < -0.3 is 4.98 Å². The maximum Gasteiger partial charge on any atom is 0.144 e. The van der Waals surface area contributed by atoms with Crippen molar-refractivity contribution in [3.8, 4) is 11.4 Å². The predicted molar refractivity (Wildman–Crippen MR) is 77.4 cm³/mol. The molecule has 0 radical (unpaired) electrons. The fraction of sp³-hybridized carbons (Fsp3) is 0.182. The third kappa shape index (κ3) is 2.81. The molecule has 0 unspecified atom stereocenters. The van der Waals surface area contributed by atoms with E-state index < -0.39 is 0 Å². The molecule has 0 fully saturated rings. The zero-order valence-electron chi connectivity index (χ0n) is 9.00. The van der Waals surface area contributed by atoms with Crippen LogP contribution in [0, 0.1) is 4.64 Å². The molecule has 0 atom stereocenters. The highest BCUT2D eigenvalue weighted by molar-refractivity contribution is 9.10. The third-order valence-corrected chi connectivity index (χ3v) is 4.11. The Hall–Kier alpha value is -0.590. The summed E-state index contributed by atoms with van der Waals surface area (Å²) in [4.78, 5) is 11.7. The van der Waals surface area contributed by atoms with E-state index in [-0.39, 0.29) is 0 Å². The molecule has 2 aromatic heterocycles. The number of halogens is 2. The van der Waals surface area contributed by atoms with Crippen molar-refractivity contribution in [3.63, 3.8) is 0 Å². The van der Waals surface area contributed by atoms with Crippen molar-refractivity contribution in [2.24, 2.45) is 0 Å². The van der Waals surface area contributed by atoms with E-state index in [1.54, 1.807) is 12.4 Å². The minimum atomic E-state index is 0.565. The summed E-state index contributed by atoms with van der Waals surface area (Å²) in [6, 6.07) is 1.95. The molecule has 0 aliphatic heterocycles. The molecule has 0 saturated heterocycles. The van der Waals surface area contributed by atoms with Crippen LogP contribution in [0.15, 0.2) is 27.4 Å². The third-order valence-electron chi connectivity index (χ3n) is 2.27. The van der Waals surface area contributed by atoms with E-state index in [1.165, 1.54) is 0 Å². The number of nitrogens with zero attached hydrogens (tertiary/aromatic N) is 2. The molecule has 6 heteroatoms. The van der Waals surface area contributed by atoms with Crippen LogP contribution in [-0.4, -0.2) is 15.0 Å². The van der Waals surface area contributed by atoms with Gasteiger partial charge in [-0.05, 0) is 44.3 Å². The summed E-state index contributed by atoms with van der Waals surface area (Å²) < 4.78 is 2.34. The molecule has 0 bridgehead atoms. The van der Waals surface area contributed by atoms with Gasteiger partial charge in [-0.1, -0.05) is 19.1 Å². The van der Waals surface area contributed by atoms with Gasteiger partial charge in [0.05, 0.1) is 4.47 Å². The van der Waals surface area contributed by atoms with E-state index >= 15 is 0 Å². The summed E-state index contributed by atoms with van der Waals surface area (Å²) in [6.07, 6.45) is 4.35. The maximum absolute atomic E-state index is 5.22. The largest absolute Gasteiger partial charge is 0.342 e. The normalized spacial score (nSPS) is 10.5. The van der Waals surface area contributed by atoms with Crippen molar-refractivity contribution >= 4 is 44.1 Å². The van der Waals surface area contributed by atoms with Gasteiger partial charge in [0, 0.05) is 28.1 Å².